The molecule has 3 rings (SSSR count). The first-order valence-electron chi connectivity index (χ1n) is 7.68. The topological polar surface area (TPSA) is 124 Å². The molecule has 0 aliphatic heterocycles. The Kier molecular flexibility index (Phi) is 4.90. The zero-order chi connectivity index (χ0) is 18.9. The van der Waals surface area contributed by atoms with Crippen LogP contribution < -0.4 is 16.0 Å². The van der Waals surface area contributed by atoms with E-state index in [2.05, 4.69) is 10.3 Å². The van der Waals surface area contributed by atoms with Crippen LogP contribution in [0.15, 0.2) is 46.3 Å². The largest absolute Gasteiger partial charge is 0.325 e. The third-order valence-corrected chi connectivity index (χ3v) is 5.81. The number of benzene rings is 1. The number of nitrogens with two attached hydrogens (primary N) is 1. The highest BCUT2D eigenvalue weighted by atomic mass is 32.2. The number of anilines is 1. The van der Waals surface area contributed by atoms with Crippen LogP contribution in [0.25, 0.3) is 10.2 Å². The molecule has 1 aromatic carbocycles. The van der Waals surface area contributed by atoms with Gasteiger partial charge in [0, 0.05) is 10.6 Å². The van der Waals surface area contributed by atoms with E-state index in [-0.39, 0.29) is 17.0 Å². The summed E-state index contributed by atoms with van der Waals surface area (Å²) in [6.07, 6.45) is 2.17. The van der Waals surface area contributed by atoms with Gasteiger partial charge in [-0.15, -0.1) is 11.3 Å². The molecule has 0 fully saturated rings. The van der Waals surface area contributed by atoms with Gasteiger partial charge in [-0.25, -0.2) is 18.5 Å². The molecule has 136 valence electrons. The molecule has 0 radical (unpaired) electrons. The van der Waals surface area contributed by atoms with E-state index in [9.17, 15) is 18.0 Å². The van der Waals surface area contributed by atoms with Crippen LogP contribution in [-0.2, 0) is 27.8 Å². The Morgan fingerprint density at radius 2 is 2.00 bits per heavy atom. The Balaban J connectivity index is 1.77. The normalized spacial score (nSPS) is 11.6. The van der Waals surface area contributed by atoms with Crippen molar-refractivity contribution in [2.24, 2.45) is 5.14 Å². The van der Waals surface area contributed by atoms with E-state index in [0.29, 0.717) is 15.9 Å². The SMILES string of the molecule is CCc1cc2c(=O)n(CC(=O)Nc3ccc(S(N)(=O)=O)cc3)cnc2s1. The van der Waals surface area contributed by atoms with Crippen LogP contribution in [0.3, 0.4) is 0 Å². The van der Waals surface area contributed by atoms with Crippen molar-refractivity contribution in [1.82, 2.24) is 9.55 Å². The number of thiophene rings is 1. The molecule has 3 aromatic rings. The Bertz CT molecular complexity index is 1130. The van der Waals surface area contributed by atoms with Gasteiger partial charge in [-0.05, 0) is 36.8 Å². The number of nitrogens with zero attached hydrogens (tertiary/aromatic N) is 2. The fourth-order valence-electron chi connectivity index (χ4n) is 2.38. The number of hydrogen-bond donors (Lipinski definition) is 2. The molecule has 3 N–H and O–H groups in total. The van der Waals surface area contributed by atoms with Crippen LogP contribution in [0.4, 0.5) is 5.69 Å². The lowest BCUT2D eigenvalue weighted by atomic mass is 10.3. The summed E-state index contributed by atoms with van der Waals surface area (Å²) in [6.45, 7) is 1.80. The molecule has 0 saturated heterocycles. The monoisotopic (exact) mass is 392 g/mol. The first-order valence-corrected chi connectivity index (χ1v) is 10.0. The summed E-state index contributed by atoms with van der Waals surface area (Å²) in [7, 11) is -3.79. The molecule has 0 aliphatic carbocycles. The van der Waals surface area contributed by atoms with Gasteiger partial charge >= 0.3 is 0 Å². The van der Waals surface area contributed by atoms with Crippen LogP contribution in [0.1, 0.15) is 11.8 Å². The van der Waals surface area contributed by atoms with E-state index < -0.39 is 15.9 Å². The van der Waals surface area contributed by atoms with Gasteiger partial charge in [0.05, 0.1) is 16.6 Å². The number of carbonyl (C=O) groups excluding carboxylic acids is 1. The fraction of sp³-hybridized carbons (Fsp3) is 0.188. The van der Waals surface area contributed by atoms with E-state index in [1.54, 1.807) is 6.07 Å². The van der Waals surface area contributed by atoms with Gasteiger partial charge < -0.3 is 5.32 Å². The summed E-state index contributed by atoms with van der Waals surface area (Å²) in [5.74, 6) is -0.428. The second-order valence-corrected chi connectivity index (χ2v) is 8.26. The first kappa shape index (κ1) is 18.2. The number of carbonyl (C=O) groups is 1. The van der Waals surface area contributed by atoms with Gasteiger partial charge in [-0.1, -0.05) is 6.92 Å². The summed E-state index contributed by atoms with van der Waals surface area (Å²) in [6, 6.07) is 7.24. The van der Waals surface area contributed by atoms with Crippen molar-refractivity contribution < 1.29 is 13.2 Å². The smallest absolute Gasteiger partial charge is 0.262 e. The summed E-state index contributed by atoms with van der Waals surface area (Å²) in [5, 5.41) is 8.13. The average Bonchev–Trinajstić information content (AvgIpc) is 3.01. The highest BCUT2D eigenvalue weighted by Crippen LogP contribution is 2.21. The van der Waals surface area contributed by atoms with Gasteiger partial charge in [0.1, 0.15) is 11.4 Å². The highest BCUT2D eigenvalue weighted by molar-refractivity contribution is 7.89. The minimum absolute atomic E-state index is 0.0504. The van der Waals surface area contributed by atoms with Gasteiger partial charge in [-0.2, -0.15) is 0 Å². The predicted octanol–water partition coefficient (Wildman–Crippen LogP) is 1.31. The molecular formula is C16H16N4O4S2. The van der Waals surface area contributed by atoms with Crippen molar-refractivity contribution in [2.75, 3.05) is 5.32 Å². The van der Waals surface area contributed by atoms with Crippen molar-refractivity contribution >= 4 is 43.2 Å². The standard InChI is InChI=1S/C16H16N4O4S2/c1-2-11-7-13-15(25-11)18-9-20(16(13)22)8-14(21)19-10-3-5-12(6-4-10)26(17,23)24/h3-7,9H,2,8H2,1H3,(H,19,21)(H2,17,23,24). The maximum Gasteiger partial charge on any atom is 0.262 e. The van der Waals surface area contributed by atoms with Crippen molar-refractivity contribution in [3.63, 3.8) is 0 Å². The van der Waals surface area contributed by atoms with Crippen molar-refractivity contribution in [1.29, 1.82) is 0 Å². The molecule has 1 amide bonds. The molecule has 8 nitrogen and oxygen atoms in total. The lowest BCUT2D eigenvalue weighted by molar-refractivity contribution is -0.116. The van der Waals surface area contributed by atoms with Crippen molar-refractivity contribution in [3.8, 4) is 0 Å². The highest BCUT2D eigenvalue weighted by Gasteiger charge is 2.12. The van der Waals surface area contributed by atoms with E-state index in [4.69, 9.17) is 5.14 Å². The zero-order valence-corrected chi connectivity index (χ0v) is 15.4. The number of hydrogen-bond acceptors (Lipinski definition) is 6. The summed E-state index contributed by atoms with van der Waals surface area (Å²) < 4.78 is 23.7. The Labute approximate surface area is 153 Å². The Morgan fingerprint density at radius 3 is 2.62 bits per heavy atom. The second-order valence-electron chi connectivity index (χ2n) is 5.58. The van der Waals surface area contributed by atoms with E-state index in [1.807, 2.05) is 6.92 Å². The van der Waals surface area contributed by atoms with Gasteiger partial charge in [0.2, 0.25) is 15.9 Å². The van der Waals surface area contributed by atoms with Crippen molar-refractivity contribution in [3.05, 3.63) is 51.9 Å². The summed E-state index contributed by atoms with van der Waals surface area (Å²) in [4.78, 5) is 30.5. The number of sulfonamides is 1. The maximum absolute atomic E-state index is 12.5. The maximum atomic E-state index is 12.5. The van der Waals surface area contributed by atoms with Crippen LogP contribution >= 0.6 is 11.3 Å². The van der Waals surface area contributed by atoms with Crippen LogP contribution in [0.2, 0.25) is 0 Å². The molecular weight excluding hydrogens is 376 g/mol. The second kappa shape index (κ2) is 6.98. The molecule has 2 heterocycles. The first-order chi connectivity index (χ1) is 12.3. The zero-order valence-electron chi connectivity index (χ0n) is 13.8. The predicted molar refractivity (Wildman–Crippen MR) is 99.7 cm³/mol. The third-order valence-electron chi connectivity index (χ3n) is 3.70. The molecule has 0 spiro atoms. The molecule has 10 heteroatoms. The minimum atomic E-state index is -3.79. The number of primary sulfonamides is 1. The van der Waals surface area contributed by atoms with Crippen molar-refractivity contribution in [2.45, 2.75) is 24.8 Å². The van der Waals surface area contributed by atoms with Crippen LogP contribution in [0, 0.1) is 0 Å². The number of nitrogens with one attached hydrogen (secondary N) is 1. The average molecular weight is 392 g/mol. The van der Waals surface area contributed by atoms with Crippen LogP contribution in [-0.4, -0.2) is 23.9 Å². The number of fused-ring (bicyclic) bond motifs is 1. The summed E-state index contributed by atoms with van der Waals surface area (Å²) >= 11 is 1.46. The molecule has 0 bridgehead atoms. The lowest BCUT2D eigenvalue weighted by Gasteiger charge is -2.07. The number of aromatic nitrogens is 2. The summed E-state index contributed by atoms with van der Waals surface area (Å²) in [5.41, 5.74) is 0.124. The van der Waals surface area contributed by atoms with E-state index in [0.717, 1.165) is 11.3 Å². The Morgan fingerprint density at radius 1 is 1.31 bits per heavy atom. The molecule has 0 aliphatic rings. The van der Waals surface area contributed by atoms with Gasteiger partial charge in [0.25, 0.3) is 5.56 Å². The quantitative estimate of drug-likeness (QED) is 0.677. The number of rotatable bonds is 5. The minimum Gasteiger partial charge on any atom is -0.325 e. The molecule has 0 unspecified atom stereocenters. The third kappa shape index (κ3) is 3.82. The molecule has 2 aromatic heterocycles. The fourth-order valence-corrected chi connectivity index (χ4v) is 3.82. The molecule has 0 atom stereocenters. The number of aryl methyl sites for hydroxylation is 1. The Hall–Kier alpha value is -2.56. The van der Waals surface area contributed by atoms with Gasteiger partial charge in [0.15, 0.2) is 0 Å². The van der Waals surface area contributed by atoms with E-state index >= 15 is 0 Å². The number of amides is 1. The van der Waals surface area contributed by atoms with Crippen LogP contribution in [0.5, 0.6) is 0 Å². The molecule has 26 heavy (non-hydrogen) atoms. The lowest BCUT2D eigenvalue weighted by Crippen LogP contribution is -2.27. The molecule has 0 saturated carbocycles. The van der Waals surface area contributed by atoms with Gasteiger partial charge in [-0.3, -0.25) is 14.2 Å². The van der Waals surface area contributed by atoms with E-state index in [1.165, 1.54) is 46.5 Å².